The molecule has 0 bridgehead atoms. The van der Waals surface area contributed by atoms with Crippen LogP contribution in [0.25, 0.3) is 10.8 Å². The van der Waals surface area contributed by atoms with Gasteiger partial charge in [-0.05, 0) is 71.9 Å². The molecule has 3 aromatic carbocycles. The van der Waals surface area contributed by atoms with Gasteiger partial charge in [-0.2, -0.15) is 0 Å². The number of benzene rings is 3. The molecule has 4 rings (SSSR count). The van der Waals surface area contributed by atoms with Gasteiger partial charge in [-0.25, -0.2) is 4.39 Å². The Balaban J connectivity index is 1.35. The van der Waals surface area contributed by atoms with Crippen molar-refractivity contribution in [2.45, 2.75) is 90.9 Å². The molecule has 0 atom stereocenters. The first-order valence-electron chi connectivity index (χ1n) is 14.0. The summed E-state index contributed by atoms with van der Waals surface area (Å²) >= 11 is 0. The fourth-order valence-electron chi connectivity index (χ4n) is 5.65. The van der Waals surface area contributed by atoms with Crippen molar-refractivity contribution in [3.8, 4) is 11.8 Å². The smallest absolute Gasteiger partial charge is 0.134 e. The number of fused-ring (bicyclic) bond motifs is 1. The van der Waals surface area contributed by atoms with Crippen LogP contribution in [0.2, 0.25) is 0 Å². The largest absolute Gasteiger partial charge is 0.206 e. The molecule has 184 valence electrons. The molecule has 0 aromatic heterocycles. The van der Waals surface area contributed by atoms with Crippen LogP contribution in [-0.2, 0) is 12.8 Å². The highest BCUT2D eigenvalue weighted by atomic mass is 19.1. The molecular formula is C34H41F. The van der Waals surface area contributed by atoms with E-state index in [1.807, 2.05) is 24.3 Å². The molecule has 0 radical (unpaired) electrons. The maximum Gasteiger partial charge on any atom is 0.134 e. The van der Waals surface area contributed by atoms with E-state index in [0.717, 1.165) is 65.0 Å². The van der Waals surface area contributed by atoms with Crippen molar-refractivity contribution in [2.24, 2.45) is 11.8 Å². The van der Waals surface area contributed by atoms with Gasteiger partial charge in [0.1, 0.15) is 5.82 Å². The molecule has 0 nitrogen and oxygen atoms in total. The Morgan fingerprint density at radius 1 is 0.714 bits per heavy atom. The molecule has 0 unspecified atom stereocenters. The molecule has 0 spiro atoms. The Kier molecular flexibility index (Phi) is 9.42. The summed E-state index contributed by atoms with van der Waals surface area (Å²) in [5.41, 5.74) is 4.16. The number of aryl methyl sites for hydroxylation is 2. The minimum Gasteiger partial charge on any atom is -0.206 e. The summed E-state index contributed by atoms with van der Waals surface area (Å²) < 4.78 is 15.3. The Hall–Kier alpha value is -2.59. The van der Waals surface area contributed by atoms with Crippen LogP contribution in [0, 0.1) is 29.5 Å². The third-order valence-corrected chi connectivity index (χ3v) is 7.88. The summed E-state index contributed by atoms with van der Waals surface area (Å²) in [4.78, 5) is 0. The lowest BCUT2D eigenvalue weighted by Gasteiger charge is -2.28. The van der Waals surface area contributed by atoms with Crippen molar-refractivity contribution >= 4 is 10.8 Å². The summed E-state index contributed by atoms with van der Waals surface area (Å²) in [7, 11) is 0. The second-order valence-electron chi connectivity index (χ2n) is 10.6. The van der Waals surface area contributed by atoms with Crippen LogP contribution < -0.4 is 0 Å². The van der Waals surface area contributed by atoms with Crippen LogP contribution in [0.3, 0.4) is 0 Å². The lowest BCUT2D eigenvalue weighted by Crippen LogP contribution is -2.15. The highest BCUT2D eigenvalue weighted by Gasteiger charge is 2.21. The quantitative estimate of drug-likeness (QED) is 0.216. The monoisotopic (exact) mass is 468 g/mol. The third kappa shape index (κ3) is 7.20. The third-order valence-electron chi connectivity index (χ3n) is 7.88. The van der Waals surface area contributed by atoms with E-state index in [1.54, 1.807) is 0 Å². The molecule has 0 aliphatic heterocycles. The summed E-state index contributed by atoms with van der Waals surface area (Å²) in [5, 5.41) is 1.65. The summed E-state index contributed by atoms with van der Waals surface area (Å²) in [6.07, 6.45) is 15.1. The molecule has 1 heteroatoms. The summed E-state index contributed by atoms with van der Waals surface area (Å²) in [5.74, 6) is 8.17. The topological polar surface area (TPSA) is 0 Å². The average molecular weight is 469 g/mol. The van der Waals surface area contributed by atoms with E-state index in [2.05, 4.69) is 56.0 Å². The zero-order chi connectivity index (χ0) is 24.5. The maximum absolute atomic E-state index is 15.3. The fraction of sp³-hybridized carbons (Fsp3) is 0.471. The van der Waals surface area contributed by atoms with Crippen molar-refractivity contribution in [1.82, 2.24) is 0 Å². The standard InChI is InChI=1S/C34H41F/c1-3-5-6-8-27-11-15-29(16-12-27)19-21-31-22-23-32-25-30(20-24-33(32)34(31)35)18-17-28-13-9-26(7-4-2)10-14-28/h9-10,13-14,20,22-25,27,29H,3-8,11-12,15-16,19,21H2,1-2H3. The van der Waals surface area contributed by atoms with Gasteiger partial charge in [0.05, 0.1) is 0 Å². The number of hydrogen-bond donors (Lipinski definition) is 0. The molecule has 1 aliphatic rings. The van der Waals surface area contributed by atoms with Crippen molar-refractivity contribution in [2.75, 3.05) is 0 Å². The van der Waals surface area contributed by atoms with Gasteiger partial charge >= 0.3 is 0 Å². The molecule has 1 saturated carbocycles. The second-order valence-corrected chi connectivity index (χ2v) is 10.6. The molecule has 1 fully saturated rings. The van der Waals surface area contributed by atoms with E-state index >= 15 is 4.39 Å². The number of unbranched alkanes of at least 4 members (excludes halogenated alkanes) is 2. The second kappa shape index (κ2) is 12.9. The highest BCUT2D eigenvalue weighted by Crippen LogP contribution is 2.35. The minimum atomic E-state index is -0.0400. The Labute approximate surface area is 212 Å². The van der Waals surface area contributed by atoms with Gasteiger partial charge in [0.25, 0.3) is 0 Å². The van der Waals surface area contributed by atoms with Crippen LogP contribution in [0.4, 0.5) is 4.39 Å². The van der Waals surface area contributed by atoms with Gasteiger partial charge in [-0.15, -0.1) is 0 Å². The van der Waals surface area contributed by atoms with Crippen molar-refractivity contribution < 1.29 is 4.39 Å². The summed E-state index contributed by atoms with van der Waals surface area (Å²) in [6, 6.07) is 18.4. The van der Waals surface area contributed by atoms with Crippen LogP contribution in [0.1, 0.15) is 100 Å². The Morgan fingerprint density at radius 3 is 2.11 bits per heavy atom. The number of rotatable bonds is 9. The molecule has 1 aliphatic carbocycles. The van der Waals surface area contributed by atoms with Crippen LogP contribution in [-0.4, -0.2) is 0 Å². The average Bonchev–Trinajstić information content (AvgIpc) is 2.89. The normalized spacial score (nSPS) is 17.8. The van der Waals surface area contributed by atoms with Crippen molar-refractivity contribution in [1.29, 1.82) is 0 Å². The van der Waals surface area contributed by atoms with Gasteiger partial charge in [-0.3, -0.25) is 0 Å². The molecule has 3 aromatic rings. The van der Waals surface area contributed by atoms with Gasteiger partial charge in [0.2, 0.25) is 0 Å². The molecule has 0 saturated heterocycles. The highest BCUT2D eigenvalue weighted by molar-refractivity contribution is 5.85. The van der Waals surface area contributed by atoms with Crippen LogP contribution in [0.5, 0.6) is 0 Å². The predicted octanol–water partition coefficient (Wildman–Crippen LogP) is 9.65. The first-order chi connectivity index (χ1) is 17.2. The maximum atomic E-state index is 15.3. The van der Waals surface area contributed by atoms with E-state index in [9.17, 15) is 0 Å². The lowest BCUT2D eigenvalue weighted by molar-refractivity contribution is 0.249. The Morgan fingerprint density at radius 2 is 1.40 bits per heavy atom. The van der Waals surface area contributed by atoms with E-state index in [0.29, 0.717) is 0 Å². The lowest BCUT2D eigenvalue weighted by atomic mass is 9.77. The van der Waals surface area contributed by atoms with Gasteiger partial charge in [0, 0.05) is 16.5 Å². The first kappa shape index (κ1) is 25.5. The molecule has 0 N–H and O–H groups in total. The zero-order valence-corrected chi connectivity index (χ0v) is 21.7. The minimum absolute atomic E-state index is 0.0400. The van der Waals surface area contributed by atoms with Crippen LogP contribution in [0.15, 0.2) is 54.6 Å². The first-order valence-corrected chi connectivity index (χ1v) is 14.0. The summed E-state index contributed by atoms with van der Waals surface area (Å²) in [6.45, 7) is 4.48. The number of halogens is 1. The van der Waals surface area contributed by atoms with E-state index in [1.165, 1.54) is 56.9 Å². The van der Waals surface area contributed by atoms with Crippen molar-refractivity contribution in [3.05, 3.63) is 82.7 Å². The zero-order valence-electron chi connectivity index (χ0n) is 21.7. The number of hydrogen-bond acceptors (Lipinski definition) is 0. The molecule has 35 heavy (non-hydrogen) atoms. The van der Waals surface area contributed by atoms with E-state index < -0.39 is 0 Å². The van der Waals surface area contributed by atoms with Gasteiger partial charge < -0.3 is 0 Å². The molecule has 0 heterocycles. The Bertz CT molecular complexity index is 1140. The molecule has 0 amide bonds. The molecular weight excluding hydrogens is 427 g/mol. The van der Waals surface area contributed by atoms with Crippen molar-refractivity contribution in [3.63, 3.8) is 0 Å². The van der Waals surface area contributed by atoms with Gasteiger partial charge in [-0.1, -0.05) is 114 Å². The predicted molar refractivity (Wildman–Crippen MR) is 148 cm³/mol. The van der Waals surface area contributed by atoms with E-state index in [4.69, 9.17) is 0 Å². The fourth-order valence-corrected chi connectivity index (χ4v) is 5.65. The van der Waals surface area contributed by atoms with E-state index in [-0.39, 0.29) is 5.82 Å². The SMILES string of the molecule is CCCCCC1CCC(CCc2ccc3cc(C#Cc4ccc(CCC)cc4)ccc3c2F)CC1. The van der Waals surface area contributed by atoms with Crippen LogP contribution >= 0.6 is 0 Å². The van der Waals surface area contributed by atoms with Gasteiger partial charge in [0.15, 0.2) is 0 Å².